The molecular formula is C13H15ClN2O. The van der Waals surface area contributed by atoms with E-state index in [9.17, 15) is 0 Å². The van der Waals surface area contributed by atoms with Crippen molar-refractivity contribution in [1.82, 2.24) is 9.78 Å². The molecule has 4 heteroatoms. The van der Waals surface area contributed by atoms with Gasteiger partial charge in [-0.2, -0.15) is 5.10 Å². The van der Waals surface area contributed by atoms with Crippen LogP contribution in [0.25, 0.3) is 5.69 Å². The largest absolute Gasteiger partial charge is 0.478 e. The Hall–Kier alpha value is -1.48. The Bertz CT molecular complexity index is 468. The molecule has 0 saturated carbocycles. The maximum atomic E-state index is 5.67. The predicted octanol–water partition coefficient (Wildman–Crippen LogP) is 3.19. The first-order valence-corrected chi connectivity index (χ1v) is 6.15. The summed E-state index contributed by atoms with van der Waals surface area (Å²) >= 11 is 5.63. The number of halogens is 1. The van der Waals surface area contributed by atoms with Crippen LogP contribution in [0.3, 0.4) is 0 Å². The first-order valence-electron chi connectivity index (χ1n) is 5.62. The molecule has 0 saturated heterocycles. The molecule has 1 aromatic heterocycles. The fourth-order valence-electron chi connectivity index (χ4n) is 1.56. The minimum absolute atomic E-state index is 0.610. The van der Waals surface area contributed by atoms with Crippen molar-refractivity contribution >= 4 is 11.6 Å². The second-order valence-corrected chi connectivity index (χ2v) is 4.14. The van der Waals surface area contributed by atoms with E-state index in [4.69, 9.17) is 16.3 Å². The molecule has 3 nitrogen and oxygen atoms in total. The molecule has 2 aromatic rings. The molecule has 0 aliphatic rings. The number of ether oxygens (including phenoxy) is 1. The molecule has 0 unspecified atom stereocenters. The topological polar surface area (TPSA) is 27.1 Å². The third-order valence-corrected chi connectivity index (χ3v) is 2.59. The first kappa shape index (κ1) is 12.0. The zero-order chi connectivity index (χ0) is 12.1. The highest BCUT2D eigenvalue weighted by molar-refractivity contribution is 6.17. The standard InChI is InChI=1S/C13H15ClN2O/c1-11-10-13(17-9-5-8-14)16(15-11)12-6-3-2-4-7-12/h2-4,6-7,10H,5,8-9H2,1H3. The number of aryl methyl sites for hydroxylation is 1. The Kier molecular flexibility index (Phi) is 4.04. The number of nitrogens with zero attached hydrogens (tertiary/aromatic N) is 2. The van der Waals surface area contributed by atoms with Crippen LogP contribution in [0.2, 0.25) is 0 Å². The summed E-state index contributed by atoms with van der Waals surface area (Å²) in [5.41, 5.74) is 1.94. The van der Waals surface area contributed by atoms with Gasteiger partial charge in [0.15, 0.2) is 0 Å². The van der Waals surface area contributed by atoms with E-state index in [1.54, 1.807) is 0 Å². The molecule has 0 atom stereocenters. The van der Waals surface area contributed by atoms with Gasteiger partial charge in [0, 0.05) is 11.9 Å². The second kappa shape index (κ2) is 5.73. The molecule has 0 aliphatic heterocycles. The van der Waals surface area contributed by atoms with Crippen LogP contribution in [0.4, 0.5) is 0 Å². The zero-order valence-corrected chi connectivity index (χ0v) is 10.5. The van der Waals surface area contributed by atoms with Crippen molar-refractivity contribution < 1.29 is 4.74 Å². The Balaban J connectivity index is 2.22. The quantitative estimate of drug-likeness (QED) is 0.602. The van der Waals surface area contributed by atoms with Gasteiger partial charge < -0.3 is 4.74 Å². The summed E-state index contributed by atoms with van der Waals surface area (Å²) in [6, 6.07) is 11.9. The first-order chi connectivity index (χ1) is 8.31. The molecule has 17 heavy (non-hydrogen) atoms. The highest BCUT2D eigenvalue weighted by atomic mass is 35.5. The van der Waals surface area contributed by atoms with Gasteiger partial charge in [-0.3, -0.25) is 0 Å². The summed E-state index contributed by atoms with van der Waals surface area (Å²) in [5, 5.41) is 4.42. The number of hydrogen-bond donors (Lipinski definition) is 0. The maximum absolute atomic E-state index is 5.67. The van der Waals surface area contributed by atoms with Gasteiger partial charge in [-0.05, 0) is 25.5 Å². The monoisotopic (exact) mass is 250 g/mol. The van der Waals surface area contributed by atoms with Crippen molar-refractivity contribution in [2.24, 2.45) is 0 Å². The van der Waals surface area contributed by atoms with Gasteiger partial charge in [0.2, 0.25) is 5.88 Å². The van der Waals surface area contributed by atoms with E-state index in [0.717, 1.165) is 23.7 Å². The van der Waals surface area contributed by atoms with Crippen molar-refractivity contribution in [3.63, 3.8) is 0 Å². The molecule has 0 aliphatic carbocycles. The smallest absolute Gasteiger partial charge is 0.216 e. The lowest BCUT2D eigenvalue weighted by Crippen LogP contribution is -2.04. The number of aromatic nitrogens is 2. The minimum Gasteiger partial charge on any atom is -0.478 e. The van der Waals surface area contributed by atoms with E-state index in [2.05, 4.69) is 5.10 Å². The molecule has 2 rings (SSSR count). The fourth-order valence-corrected chi connectivity index (χ4v) is 1.67. The van der Waals surface area contributed by atoms with Crippen LogP contribution in [-0.2, 0) is 0 Å². The Morgan fingerprint density at radius 1 is 1.29 bits per heavy atom. The molecular weight excluding hydrogens is 236 g/mol. The van der Waals surface area contributed by atoms with Gasteiger partial charge in [0.05, 0.1) is 18.0 Å². The van der Waals surface area contributed by atoms with Crippen molar-refractivity contribution in [3.8, 4) is 11.6 Å². The van der Waals surface area contributed by atoms with Gasteiger partial charge >= 0.3 is 0 Å². The number of rotatable bonds is 5. The lowest BCUT2D eigenvalue weighted by molar-refractivity contribution is 0.297. The predicted molar refractivity (Wildman–Crippen MR) is 69.1 cm³/mol. The number of alkyl halides is 1. The van der Waals surface area contributed by atoms with Crippen LogP contribution in [0.15, 0.2) is 36.4 Å². The Morgan fingerprint density at radius 3 is 2.76 bits per heavy atom. The zero-order valence-electron chi connectivity index (χ0n) is 9.77. The van der Waals surface area contributed by atoms with E-state index >= 15 is 0 Å². The number of hydrogen-bond acceptors (Lipinski definition) is 2. The van der Waals surface area contributed by atoms with E-state index in [1.807, 2.05) is 48.0 Å². The summed E-state index contributed by atoms with van der Waals surface area (Å²) in [6.45, 7) is 2.56. The van der Waals surface area contributed by atoms with E-state index in [0.29, 0.717) is 12.5 Å². The van der Waals surface area contributed by atoms with Gasteiger partial charge in [-0.25, -0.2) is 4.68 Å². The Labute approximate surface area is 106 Å². The van der Waals surface area contributed by atoms with Crippen LogP contribution in [0.1, 0.15) is 12.1 Å². The van der Waals surface area contributed by atoms with Crippen molar-refractivity contribution in [3.05, 3.63) is 42.1 Å². The van der Waals surface area contributed by atoms with Crippen LogP contribution in [0.5, 0.6) is 5.88 Å². The van der Waals surface area contributed by atoms with Gasteiger partial charge in [0.1, 0.15) is 0 Å². The van der Waals surface area contributed by atoms with Gasteiger partial charge in [0.25, 0.3) is 0 Å². The summed E-state index contributed by atoms with van der Waals surface area (Å²) < 4.78 is 7.48. The SMILES string of the molecule is Cc1cc(OCCCCl)n(-c2ccccc2)n1. The number of benzene rings is 1. The van der Waals surface area contributed by atoms with Crippen LogP contribution in [-0.4, -0.2) is 22.3 Å². The highest BCUT2D eigenvalue weighted by Crippen LogP contribution is 2.19. The molecule has 1 heterocycles. The van der Waals surface area contributed by atoms with Crippen LogP contribution in [0, 0.1) is 6.92 Å². The highest BCUT2D eigenvalue weighted by Gasteiger charge is 2.07. The van der Waals surface area contributed by atoms with Crippen LogP contribution >= 0.6 is 11.6 Å². The fraction of sp³-hybridized carbons (Fsp3) is 0.308. The summed E-state index contributed by atoms with van der Waals surface area (Å²) in [4.78, 5) is 0. The van der Waals surface area contributed by atoms with Crippen molar-refractivity contribution in [2.45, 2.75) is 13.3 Å². The summed E-state index contributed by atoms with van der Waals surface area (Å²) in [5.74, 6) is 1.37. The average molecular weight is 251 g/mol. The molecule has 0 N–H and O–H groups in total. The minimum atomic E-state index is 0.610. The van der Waals surface area contributed by atoms with Gasteiger partial charge in [-0.1, -0.05) is 18.2 Å². The molecule has 0 bridgehead atoms. The van der Waals surface area contributed by atoms with Gasteiger partial charge in [-0.15, -0.1) is 11.6 Å². The van der Waals surface area contributed by atoms with E-state index < -0.39 is 0 Å². The van der Waals surface area contributed by atoms with E-state index in [-0.39, 0.29) is 0 Å². The lowest BCUT2D eigenvalue weighted by atomic mass is 10.3. The Morgan fingerprint density at radius 2 is 2.06 bits per heavy atom. The third kappa shape index (κ3) is 3.01. The second-order valence-electron chi connectivity index (χ2n) is 3.76. The average Bonchev–Trinajstić information content (AvgIpc) is 2.72. The normalized spacial score (nSPS) is 10.5. The molecule has 1 aromatic carbocycles. The number of para-hydroxylation sites is 1. The molecule has 0 spiro atoms. The summed E-state index contributed by atoms with van der Waals surface area (Å²) in [7, 11) is 0. The van der Waals surface area contributed by atoms with Crippen LogP contribution < -0.4 is 4.74 Å². The molecule has 0 amide bonds. The third-order valence-electron chi connectivity index (χ3n) is 2.33. The maximum Gasteiger partial charge on any atom is 0.216 e. The molecule has 90 valence electrons. The van der Waals surface area contributed by atoms with Crippen molar-refractivity contribution in [2.75, 3.05) is 12.5 Å². The van der Waals surface area contributed by atoms with E-state index in [1.165, 1.54) is 0 Å². The lowest BCUT2D eigenvalue weighted by Gasteiger charge is -2.08. The van der Waals surface area contributed by atoms with Crippen molar-refractivity contribution in [1.29, 1.82) is 0 Å². The molecule has 0 radical (unpaired) electrons. The molecule has 0 fully saturated rings. The summed E-state index contributed by atoms with van der Waals surface area (Å²) in [6.07, 6.45) is 0.834.